The zero-order chi connectivity index (χ0) is 15.5. The van der Waals surface area contributed by atoms with E-state index in [9.17, 15) is 4.79 Å². The lowest BCUT2D eigenvalue weighted by molar-refractivity contribution is 0.0697. The standard InChI is InChI=1S/C18H14O4/c1-21-15-9-7-14-10-16(22-17(14)11-15)8-4-12-2-5-13(6-3-12)18(19)20/h2-11H,1H3,(H,19,20)/b8-4+. The van der Waals surface area contributed by atoms with E-state index in [2.05, 4.69) is 0 Å². The molecule has 0 aliphatic heterocycles. The molecule has 0 radical (unpaired) electrons. The molecule has 110 valence electrons. The smallest absolute Gasteiger partial charge is 0.335 e. The number of carboxylic acid groups (broad SMARTS) is 1. The van der Waals surface area contributed by atoms with Crippen molar-refractivity contribution in [3.05, 3.63) is 65.4 Å². The predicted octanol–water partition coefficient (Wildman–Crippen LogP) is 4.31. The first kappa shape index (κ1) is 13.9. The fraction of sp³-hybridized carbons (Fsp3) is 0.0556. The second-order valence-corrected chi connectivity index (χ2v) is 4.81. The third-order valence-corrected chi connectivity index (χ3v) is 3.34. The Balaban J connectivity index is 1.84. The first-order chi connectivity index (χ1) is 10.7. The molecule has 3 aromatic rings. The van der Waals surface area contributed by atoms with Crippen LogP contribution in [-0.2, 0) is 0 Å². The molecule has 3 rings (SSSR count). The first-order valence-corrected chi connectivity index (χ1v) is 6.75. The molecule has 1 N–H and O–H groups in total. The van der Waals surface area contributed by atoms with E-state index in [1.165, 1.54) is 0 Å². The molecule has 1 aromatic heterocycles. The number of rotatable bonds is 4. The molecule has 0 aliphatic rings. The maximum Gasteiger partial charge on any atom is 0.335 e. The van der Waals surface area contributed by atoms with Gasteiger partial charge in [-0.15, -0.1) is 0 Å². The van der Waals surface area contributed by atoms with Crippen molar-refractivity contribution in [1.29, 1.82) is 0 Å². The molecular formula is C18H14O4. The van der Waals surface area contributed by atoms with Gasteiger partial charge in [-0.1, -0.05) is 18.2 Å². The average Bonchev–Trinajstić information content (AvgIpc) is 2.95. The maximum atomic E-state index is 10.8. The number of methoxy groups -OCH3 is 1. The van der Waals surface area contributed by atoms with E-state index in [4.69, 9.17) is 14.3 Å². The van der Waals surface area contributed by atoms with Gasteiger partial charge in [-0.05, 0) is 42.0 Å². The van der Waals surface area contributed by atoms with E-state index in [-0.39, 0.29) is 5.56 Å². The Labute approximate surface area is 127 Å². The Hall–Kier alpha value is -3.01. The topological polar surface area (TPSA) is 59.7 Å². The fourth-order valence-electron chi connectivity index (χ4n) is 2.16. The van der Waals surface area contributed by atoms with E-state index in [0.717, 1.165) is 28.0 Å². The molecule has 0 unspecified atom stereocenters. The lowest BCUT2D eigenvalue weighted by Crippen LogP contribution is -1.94. The number of furan rings is 1. The number of carbonyl (C=O) groups is 1. The van der Waals surface area contributed by atoms with Crippen molar-refractivity contribution < 1.29 is 19.1 Å². The van der Waals surface area contributed by atoms with Crippen molar-refractivity contribution >= 4 is 29.1 Å². The number of carboxylic acids is 1. The predicted molar refractivity (Wildman–Crippen MR) is 85.1 cm³/mol. The van der Waals surface area contributed by atoms with E-state index < -0.39 is 5.97 Å². The Bertz CT molecular complexity index is 841. The number of hydrogen-bond donors (Lipinski definition) is 1. The highest BCUT2D eigenvalue weighted by molar-refractivity contribution is 5.88. The zero-order valence-corrected chi connectivity index (χ0v) is 11.9. The first-order valence-electron chi connectivity index (χ1n) is 6.75. The molecule has 0 atom stereocenters. The van der Waals surface area contributed by atoms with Crippen molar-refractivity contribution in [2.24, 2.45) is 0 Å². The highest BCUT2D eigenvalue weighted by Crippen LogP contribution is 2.25. The molecule has 0 aliphatic carbocycles. The van der Waals surface area contributed by atoms with Crippen LogP contribution >= 0.6 is 0 Å². The summed E-state index contributed by atoms with van der Waals surface area (Å²) in [4.78, 5) is 10.8. The molecular weight excluding hydrogens is 280 g/mol. The van der Waals surface area contributed by atoms with Crippen LogP contribution in [-0.4, -0.2) is 18.2 Å². The Morgan fingerprint density at radius 2 is 1.86 bits per heavy atom. The van der Waals surface area contributed by atoms with E-state index in [0.29, 0.717) is 0 Å². The summed E-state index contributed by atoms with van der Waals surface area (Å²) in [5.41, 5.74) is 1.94. The quantitative estimate of drug-likeness (QED) is 0.779. The van der Waals surface area contributed by atoms with Crippen molar-refractivity contribution in [3.8, 4) is 5.75 Å². The minimum Gasteiger partial charge on any atom is -0.497 e. The van der Waals surface area contributed by atoms with Crippen LogP contribution in [0.25, 0.3) is 23.1 Å². The summed E-state index contributed by atoms with van der Waals surface area (Å²) in [6, 6.07) is 14.3. The van der Waals surface area contributed by atoms with Crippen LogP contribution in [0, 0.1) is 0 Å². The molecule has 0 spiro atoms. The molecule has 4 nitrogen and oxygen atoms in total. The second-order valence-electron chi connectivity index (χ2n) is 4.81. The minimum absolute atomic E-state index is 0.271. The molecule has 22 heavy (non-hydrogen) atoms. The summed E-state index contributed by atoms with van der Waals surface area (Å²) in [5.74, 6) is 0.550. The summed E-state index contributed by atoms with van der Waals surface area (Å²) in [7, 11) is 1.62. The molecule has 0 saturated carbocycles. The normalized spacial score (nSPS) is 11.1. The van der Waals surface area contributed by atoms with Gasteiger partial charge in [0.15, 0.2) is 0 Å². The molecule has 2 aromatic carbocycles. The van der Waals surface area contributed by atoms with E-state index in [1.807, 2.05) is 36.4 Å². The molecule has 0 amide bonds. The monoisotopic (exact) mass is 294 g/mol. The van der Waals surface area contributed by atoms with Gasteiger partial charge in [-0.25, -0.2) is 4.79 Å². The number of fused-ring (bicyclic) bond motifs is 1. The van der Waals surface area contributed by atoms with Crippen LogP contribution in [0.15, 0.2) is 52.9 Å². The van der Waals surface area contributed by atoms with Crippen molar-refractivity contribution in [2.75, 3.05) is 7.11 Å². The molecule has 1 heterocycles. The van der Waals surface area contributed by atoms with Gasteiger partial charge in [-0.3, -0.25) is 0 Å². The number of ether oxygens (including phenoxy) is 1. The highest BCUT2D eigenvalue weighted by atomic mass is 16.5. The largest absolute Gasteiger partial charge is 0.497 e. The van der Waals surface area contributed by atoms with Crippen molar-refractivity contribution in [3.63, 3.8) is 0 Å². The number of benzene rings is 2. The zero-order valence-electron chi connectivity index (χ0n) is 11.9. The Kier molecular flexibility index (Phi) is 3.66. The molecule has 0 saturated heterocycles. The third kappa shape index (κ3) is 2.86. The maximum absolute atomic E-state index is 10.8. The van der Waals surface area contributed by atoms with Crippen LogP contribution in [0.5, 0.6) is 5.75 Å². The van der Waals surface area contributed by atoms with Crippen LogP contribution < -0.4 is 4.74 Å². The van der Waals surface area contributed by atoms with Crippen molar-refractivity contribution in [1.82, 2.24) is 0 Å². The molecule has 4 heteroatoms. The van der Waals surface area contributed by atoms with Gasteiger partial charge in [-0.2, -0.15) is 0 Å². The van der Waals surface area contributed by atoms with E-state index >= 15 is 0 Å². The van der Waals surface area contributed by atoms with Gasteiger partial charge in [0.1, 0.15) is 17.1 Å². The lowest BCUT2D eigenvalue weighted by atomic mass is 10.1. The van der Waals surface area contributed by atoms with Gasteiger partial charge in [0.25, 0.3) is 0 Å². The number of hydrogen-bond acceptors (Lipinski definition) is 3. The number of aromatic carboxylic acids is 1. The minimum atomic E-state index is -0.929. The van der Waals surface area contributed by atoms with Crippen molar-refractivity contribution in [2.45, 2.75) is 0 Å². The molecule has 0 fully saturated rings. The summed E-state index contributed by atoms with van der Waals surface area (Å²) >= 11 is 0. The van der Waals surface area contributed by atoms with Crippen LogP contribution in [0.1, 0.15) is 21.7 Å². The second kappa shape index (κ2) is 5.77. The average molecular weight is 294 g/mol. The van der Waals surface area contributed by atoms with Crippen LogP contribution in [0.3, 0.4) is 0 Å². The van der Waals surface area contributed by atoms with Crippen LogP contribution in [0.2, 0.25) is 0 Å². The third-order valence-electron chi connectivity index (χ3n) is 3.34. The fourth-order valence-corrected chi connectivity index (χ4v) is 2.16. The Morgan fingerprint density at radius 3 is 2.55 bits per heavy atom. The highest BCUT2D eigenvalue weighted by Gasteiger charge is 2.03. The van der Waals surface area contributed by atoms with Gasteiger partial charge >= 0.3 is 5.97 Å². The summed E-state index contributed by atoms with van der Waals surface area (Å²) < 4.78 is 10.9. The SMILES string of the molecule is COc1ccc2cc(/C=C/c3ccc(C(=O)O)cc3)oc2c1. The van der Waals surface area contributed by atoms with Gasteiger partial charge in [0.05, 0.1) is 12.7 Å². The van der Waals surface area contributed by atoms with Gasteiger partial charge in [0, 0.05) is 11.5 Å². The summed E-state index contributed by atoms with van der Waals surface area (Å²) in [6.07, 6.45) is 3.73. The molecule has 0 bridgehead atoms. The van der Waals surface area contributed by atoms with Gasteiger partial charge < -0.3 is 14.3 Å². The lowest BCUT2D eigenvalue weighted by Gasteiger charge is -1.96. The Morgan fingerprint density at radius 1 is 1.09 bits per heavy atom. The van der Waals surface area contributed by atoms with Gasteiger partial charge in [0.2, 0.25) is 0 Å². The van der Waals surface area contributed by atoms with Crippen LogP contribution in [0.4, 0.5) is 0 Å². The summed E-state index contributed by atoms with van der Waals surface area (Å²) in [5, 5.41) is 9.87. The van der Waals surface area contributed by atoms with E-state index in [1.54, 1.807) is 31.4 Å². The summed E-state index contributed by atoms with van der Waals surface area (Å²) in [6.45, 7) is 0.